The maximum absolute atomic E-state index is 12.7. The Balaban J connectivity index is 1.42. The zero-order valence-electron chi connectivity index (χ0n) is 15.9. The molecule has 0 amide bonds. The number of rotatable bonds is 5. The van der Waals surface area contributed by atoms with Crippen molar-refractivity contribution in [3.63, 3.8) is 0 Å². The maximum Gasteiger partial charge on any atom is 0.258 e. The van der Waals surface area contributed by atoms with Crippen LogP contribution in [0.1, 0.15) is 34.3 Å². The average Bonchev–Trinajstić information content (AvgIpc) is 3.37. The second kappa shape index (κ2) is 6.63. The summed E-state index contributed by atoms with van der Waals surface area (Å²) in [5, 5.41) is 5.81. The molecule has 1 aliphatic rings. The van der Waals surface area contributed by atoms with Crippen molar-refractivity contribution in [3.8, 4) is 11.4 Å². The zero-order chi connectivity index (χ0) is 19.3. The Kier molecular flexibility index (Phi) is 4.09. The van der Waals surface area contributed by atoms with Crippen molar-refractivity contribution in [1.29, 1.82) is 0 Å². The summed E-state index contributed by atoms with van der Waals surface area (Å²) < 4.78 is 9.56. The van der Waals surface area contributed by atoms with E-state index in [1.165, 1.54) is 23.4 Å². The summed E-state index contributed by atoms with van der Waals surface area (Å²) in [6.07, 6.45) is 4.18. The first-order valence-corrected chi connectivity index (χ1v) is 10.3. The van der Waals surface area contributed by atoms with Gasteiger partial charge in [-0.1, -0.05) is 0 Å². The molecule has 5 nitrogen and oxygen atoms in total. The molecule has 1 aromatic carbocycles. The van der Waals surface area contributed by atoms with Crippen molar-refractivity contribution in [1.82, 2.24) is 14.3 Å². The normalized spacial score (nSPS) is 13.9. The molecular weight excluding hydrogens is 370 g/mol. The minimum atomic E-state index is -0.105. The van der Waals surface area contributed by atoms with Gasteiger partial charge in [0.05, 0.1) is 11.6 Å². The summed E-state index contributed by atoms with van der Waals surface area (Å²) in [5.74, 6) is 0.589. The number of fused-ring (bicyclic) bond motifs is 1. The van der Waals surface area contributed by atoms with Gasteiger partial charge < -0.3 is 4.74 Å². The third-order valence-corrected chi connectivity index (χ3v) is 6.14. The van der Waals surface area contributed by atoms with E-state index in [4.69, 9.17) is 9.84 Å². The van der Waals surface area contributed by atoms with Gasteiger partial charge in [-0.25, -0.2) is 0 Å². The lowest BCUT2D eigenvalue weighted by Crippen LogP contribution is -2.16. The van der Waals surface area contributed by atoms with Gasteiger partial charge in [-0.2, -0.15) is 5.10 Å². The lowest BCUT2D eigenvalue weighted by atomic mass is 10.2. The molecular formula is C22H21N3O2S. The van der Waals surface area contributed by atoms with E-state index in [2.05, 4.69) is 30.7 Å². The van der Waals surface area contributed by atoms with Gasteiger partial charge in [0.25, 0.3) is 5.56 Å². The molecule has 0 bridgehead atoms. The molecule has 4 aromatic rings. The largest absolute Gasteiger partial charge is 0.488 e. The first-order valence-electron chi connectivity index (χ1n) is 9.48. The van der Waals surface area contributed by atoms with Crippen LogP contribution in [0, 0.1) is 13.8 Å². The Labute approximate surface area is 166 Å². The van der Waals surface area contributed by atoms with E-state index in [-0.39, 0.29) is 5.56 Å². The fourth-order valence-electron chi connectivity index (χ4n) is 3.52. The van der Waals surface area contributed by atoms with Crippen LogP contribution >= 0.6 is 11.3 Å². The fourth-order valence-corrected chi connectivity index (χ4v) is 4.32. The SMILES string of the molecule is Cc1ccc(COc2ccn(-c3ccc4nn(C5CC5)c(C)c4c3)c(=O)c2)s1. The molecule has 142 valence electrons. The first-order chi connectivity index (χ1) is 13.6. The van der Waals surface area contributed by atoms with Crippen LogP contribution in [0.5, 0.6) is 5.75 Å². The summed E-state index contributed by atoms with van der Waals surface area (Å²) >= 11 is 1.71. The van der Waals surface area contributed by atoms with E-state index in [0.717, 1.165) is 21.5 Å². The number of hydrogen-bond donors (Lipinski definition) is 0. The molecule has 0 radical (unpaired) electrons. The highest BCUT2D eigenvalue weighted by atomic mass is 32.1. The Morgan fingerprint density at radius 3 is 2.71 bits per heavy atom. The Morgan fingerprint density at radius 1 is 1.14 bits per heavy atom. The van der Waals surface area contributed by atoms with E-state index in [1.807, 2.05) is 24.3 Å². The molecule has 28 heavy (non-hydrogen) atoms. The van der Waals surface area contributed by atoms with Gasteiger partial charge in [-0.05, 0) is 63.1 Å². The number of benzene rings is 1. The number of nitrogens with zero attached hydrogens (tertiary/aromatic N) is 3. The summed E-state index contributed by atoms with van der Waals surface area (Å²) in [7, 11) is 0. The predicted molar refractivity (Wildman–Crippen MR) is 112 cm³/mol. The van der Waals surface area contributed by atoms with Crippen LogP contribution in [-0.2, 0) is 6.61 Å². The molecule has 0 saturated heterocycles. The van der Waals surface area contributed by atoms with Crippen molar-refractivity contribution in [2.75, 3.05) is 0 Å². The number of aromatic nitrogens is 3. The third-order valence-electron chi connectivity index (χ3n) is 5.17. The number of pyridine rings is 1. The Morgan fingerprint density at radius 2 is 2.00 bits per heavy atom. The van der Waals surface area contributed by atoms with E-state index < -0.39 is 0 Å². The molecule has 3 heterocycles. The quantitative estimate of drug-likeness (QED) is 0.492. The standard InChI is InChI=1S/C22H21N3O2S/c1-14-3-7-19(28-14)13-27-18-9-10-24(22(26)12-18)17-6-8-21-20(11-17)15(2)25(23-21)16-4-5-16/h3,6-12,16H,4-5,13H2,1-2H3. The summed E-state index contributed by atoms with van der Waals surface area (Å²) in [6, 6.07) is 14.0. The van der Waals surface area contributed by atoms with Crippen molar-refractivity contribution in [2.45, 2.75) is 39.3 Å². The predicted octanol–water partition coefficient (Wildman–Crippen LogP) is 4.78. The van der Waals surface area contributed by atoms with Gasteiger partial charge in [-0.15, -0.1) is 11.3 Å². The summed E-state index contributed by atoms with van der Waals surface area (Å²) in [6.45, 7) is 4.65. The number of aryl methyl sites for hydroxylation is 2. The van der Waals surface area contributed by atoms with E-state index in [0.29, 0.717) is 18.4 Å². The molecule has 0 aliphatic heterocycles. The molecule has 1 fully saturated rings. The highest BCUT2D eigenvalue weighted by Gasteiger charge is 2.26. The van der Waals surface area contributed by atoms with Crippen LogP contribution < -0.4 is 10.3 Å². The topological polar surface area (TPSA) is 49.0 Å². The van der Waals surface area contributed by atoms with Crippen molar-refractivity contribution in [3.05, 3.63) is 74.5 Å². The van der Waals surface area contributed by atoms with E-state index in [9.17, 15) is 4.79 Å². The molecule has 0 atom stereocenters. The minimum Gasteiger partial charge on any atom is -0.488 e. The van der Waals surface area contributed by atoms with Gasteiger partial charge in [0.1, 0.15) is 12.4 Å². The Hall–Kier alpha value is -2.86. The molecule has 3 aromatic heterocycles. The van der Waals surface area contributed by atoms with Gasteiger partial charge >= 0.3 is 0 Å². The smallest absolute Gasteiger partial charge is 0.258 e. The van der Waals surface area contributed by atoms with Crippen LogP contribution in [0.4, 0.5) is 0 Å². The average molecular weight is 391 g/mol. The Bertz CT molecular complexity index is 1230. The second-order valence-corrected chi connectivity index (χ2v) is 8.71. The zero-order valence-corrected chi connectivity index (χ0v) is 16.7. The van der Waals surface area contributed by atoms with Gasteiger partial charge in [0, 0.05) is 38.8 Å². The monoisotopic (exact) mass is 391 g/mol. The molecule has 0 unspecified atom stereocenters. The summed E-state index contributed by atoms with van der Waals surface area (Å²) in [4.78, 5) is 15.1. The highest BCUT2D eigenvalue weighted by Crippen LogP contribution is 2.37. The van der Waals surface area contributed by atoms with Crippen molar-refractivity contribution in [2.24, 2.45) is 0 Å². The van der Waals surface area contributed by atoms with Crippen molar-refractivity contribution < 1.29 is 4.74 Å². The van der Waals surface area contributed by atoms with E-state index in [1.54, 1.807) is 28.2 Å². The van der Waals surface area contributed by atoms with Crippen LogP contribution in [0.2, 0.25) is 0 Å². The van der Waals surface area contributed by atoms with E-state index >= 15 is 0 Å². The highest BCUT2D eigenvalue weighted by molar-refractivity contribution is 7.11. The van der Waals surface area contributed by atoms with Gasteiger partial charge in [0.2, 0.25) is 0 Å². The minimum absolute atomic E-state index is 0.105. The fraction of sp³-hybridized carbons (Fsp3) is 0.273. The molecule has 6 heteroatoms. The van der Waals surface area contributed by atoms with Crippen LogP contribution in [0.3, 0.4) is 0 Å². The molecule has 0 N–H and O–H groups in total. The number of ether oxygens (including phenoxy) is 1. The summed E-state index contributed by atoms with van der Waals surface area (Å²) in [5.41, 5.74) is 2.88. The van der Waals surface area contributed by atoms with Crippen molar-refractivity contribution >= 4 is 22.2 Å². The van der Waals surface area contributed by atoms with Gasteiger partial charge in [-0.3, -0.25) is 14.0 Å². The maximum atomic E-state index is 12.7. The van der Waals surface area contributed by atoms with Crippen LogP contribution in [0.15, 0.2) is 53.5 Å². The molecule has 1 aliphatic carbocycles. The lowest BCUT2D eigenvalue weighted by molar-refractivity contribution is 0.309. The van der Waals surface area contributed by atoms with Crippen LogP contribution in [0.25, 0.3) is 16.6 Å². The molecule has 1 saturated carbocycles. The van der Waals surface area contributed by atoms with Crippen LogP contribution in [-0.4, -0.2) is 14.3 Å². The first kappa shape index (κ1) is 17.3. The molecule has 5 rings (SSSR count). The molecule has 0 spiro atoms. The number of hydrogen-bond acceptors (Lipinski definition) is 4. The lowest BCUT2D eigenvalue weighted by Gasteiger charge is -2.08. The number of thiophene rings is 1. The third kappa shape index (κ3) is 3.14. The second-order valence-electron chi connectivity index (χ2n) is 7.33. The van der Waals surface area contributed by atoms with Gasteiger partial charge in [0.15, 0.2) is 0 Å².